The van der Waals surface area contributed by atoms with Crippen LogP contribution in [-0.4, -0.2) is 20.1 Å². The van der Waals surface area contributed by atoms with Gasteiger partial charge in [0.25, 0.3) is 0 Å². The Morgan fingerprint density at radius 2 is 2.25 bits per heavy atom. The molecule has 2 N–H and O–H groups in total. The molecule has 1 aromatic rings. The Labute approximate surface area is 103 Å². The Kier molecular flexibility index (Phi) is 5.28. The molecule has 1 aromatic carbocycles. The predicted octanol–water partition coefficient (Wildman–Crippen LogP) is 1.64. The second-order valence-corrected chi connectivity index (χ2v) is 4.12. The molecular formula is C11H15BrN2O2. The first-order chi connectivity index (χ1) is 7.67. The van der Waals surface area contributed by atoms with Crippen molar-refractivity contribution in [2.45, 2.75) is 12.8 Å². The Morgan fingerprint density at radius 3 is 2.81 bits per heavy atom. The molecule has 0 radical (unpaired) electrons. The van der Waals surface area contributed by atoms with E-state index in [0.717, 1.165) is 15.8 Å². The van der Waals surface area contributed by atoms with Crippen LogP contribution in [0.25, 0.3) is 0 Å². The molecule has 4 nitrogen and oxygen atoms in total. The summed E-state index contributed by atoms with van der Waals surface area (Å²) in [6.45, 7) is 0. The number of halogens is 1. The number of hydrazine groups is 1. The molecule has 88 valence electrons. The van der Waals surface area contributed by atoms with Crippen LogP contribution >= 0.6 is 15.9 Å². The van der Waals surface area contributed by atoms with Crippen molar-refractivity contribution >= 4 is 21.8 Å². The molecule has 0 aliphatic heterocycles. The van der Waals surface area contributed by atoms with Gasteiger partial charge in [-0.3, -0.25) is 10.2 Å². The van der Waals surface area contributed by atoms with Crippen LogP contribution in [0.3, 0.4) is 0 Å². The lowest BCUT2D eigenvalue weighted by atomic mass is 10.1. The lowest BCUT2D eigenvalue weighted by Crippen LogP contribution is -2.34. The fourth-order valence-corrected chi connectivity index (χ4v) is 1.91. The van der Waals surface area contributed by atoms with Crippen molar-refractivity contribution in [3.05, 3.63) is 28.2 Å². The van der Waals surface area contributed by atoms with Crippen LogP contribution in [0, 0.1) is 0 Å². The minimum atomic E-state index is -0.0190. The zero-order valence-electron chi connectivity index (χ0n) is 9.34. The van der Waals surface area contributed by atoms with Crippen molar-refractivity contribution in [2.75, 3.05) is 14.2 Å². The summed E-state index contributed by atoms with van der Waals surface area (Å²) in [5.41, 5.74) is 6.23. The number of aryl methyl sites for hydroxylation is 1. The highest BCUT2D eigenvalue weighted by molar-refractivity contribution is 9.10. The Balaban J connectivity index is 2.55. The molecule has 1 rings (SSSR count). The summed E-state index contributed by atoms with van der Waals surface area (Å²) in [5.74, 6) is 0.776. The lowest BCUT2D eigenvalue weighted by Gasteiger charge is -2.06. The molecule has 0 saturated heterocycles. The quantitative estimate of drug-likeness (QED) is 0.809. The molecule has 0 aliphatic carbocycles. The van der Waals surface area contributed by atoms with Crippen molar-refractivity contribution < 1.29 is 9.53 Å². The Morgan fingerprint density at radius 1 is 1.50 bits per heavy atom. The van der Waals surface area contributed by atoms with E-state index in [1.165, 1.54) is 0 Å². The van der Waals surface area contributed by atoms with Crippen LogP contribution in [0.2, 0.25) is 0 Å². The highest BCUT2D eigenvalue weighted by atomic mass is 79.9. The summed E-state index contributed by atoms with van der Waals surface area (Å²) in [7, 11) is 3.29. The molecule has 0 bridgehead atoms. The fraction of sp³-hybridized carbons (Fsp3) is 0.364. The molecule has 0 fully saturated rings. The lowest BCUT2D eigenvalue weighted by molar-refractivity contribution is -0.121. The van der Waals surface area contributed by atoms with Crippen LogP contribution < -0.4 is 15.6 Å². The normalized spacial score (nSPS) is 9.94. The van der Waals surface area contributed by atoms with Crippen LogP contribution in [0.1, 0.15) is 12.0 Å². The van der Waals surface area contributed by atoms with Gasteiger partial charge in [0, 0.05) is 13.5 Å². The summed E-state index contributed by atoms with van der Waals surface area (Å²) in [5, 5.41) is 0. The summed E-state index contributed by atoms with van der Waals surface area (Å²) in [4.78, 5) is 11.2. The Bertz CT molecular complexity index is 369. The van der Waals surface area contributed by atoms with E-state index in [-0.39, 0.29) is 5.91 Å². The number of carbonyl (C=O) groups excluding carboxylic acids is 1. The monoisotopic (exact) mass is 286 g/mol. The molecule has 0 heterocycles. The van der Waals surface area contributed by atoms with Gasteiger partial charge in [-0.1, -0.05) is 6.07 Å². The van der Waals surface area contributed by atoms with Crippen LogP contribution in [0.15, 0.2) is 22.7 Å². The molecule has 1 amide bonds. The number of carbonyl (C=O) groups is 1. The van der Waals surface area contributed by atoms with Crippen LogP contribution in [0.4, 0.5) is 0 Å². The van der Waals surface area contributed by atoms with Gasteiger partial charge in [-0.2, -0.15) is 0 Å². The maximum absolute atomic E-state index is 11.2. The van der Waals surface area contributed by atoms with Gasteiger partial charge in [0.2, 0.25) is 5.91 Å². The minimum absolute atomic E-state index is 0.0190. The Hall–Kier alpha value is -1.07. The van der Waals surface area contributed by atoms with Gasteiger partial charge in [-0.05, 0) is 40.0 Å². The zero-order valence-corrected chi connectivity index (χ0v) is 10.9. The number of nitrogens with one attached hydrogen (secondary N) is 2. The van der Waals surface area contributed by atoms with E-state index < -0.39 is 0 Å². The molecule has 0 aliphatic rings. The van der Waals surface area contributed by atoms with Crippen molar-refractivity contribution in [1.82, 2.24) is 10.9 Å². The number of amides is 1. The SMILES string of the molecule is CNNC(=O)CCc1ccc(OC)c(Br)c1. The molecule has 0 spiro atoms. The van der Waals surface area contributed by atoms with Crippen molar-refractivity contribution in [3.8, 4) is 5.75 Å². The number of hydrogen-bond acceptors (Lipinski definition) is 3. The van der Waals surface area contributed by atoms with E-state index in [1.54, 1.807) is 14.2 Å². The second-order valence-electron chi connectivity index (χ2n) is 3.27. The standard InChI is InChI=1S/C11H15BrN2O2/c1-13-14-11(15)6-4-8-3-5-10(16-2)9(12)7-8/h3,5,7,13H,4,6H2,1-2H3,(H,14,15). The highest BCUT2D eigenvalue weighted by Gasteiger charge is 2.04. The van der Waals surface area contributed by atoms with Gasteiger partial charge in [-0.15, -0.1) is 0 Å². The highest BCUT2D eigenvalue weighted by Crippen LogP contribution is 2.25. The van der Waals surface area contributed by atoms with Crippen LogP contribution in [-0.2, 0) is 11.2 Å². The summed E-state index contributed by atoms with van der Waals surface area (Å²) in [6, 6.07) is 5.80. The van der Waals surface area contributed by atoms with Gasteiger partial charge in [0.05, 0.1) is 11.6 Å². The first-order valence-electron chi connectivity index (χ1n) is 4.95. The smallest absolute Gasteiger partial charge is 0.234 e. The van der Waals surface area contributed by atoms with E-state index in [4.69, 9.17) is 4.74 Å². The summed E-state index contributed by atoms with van der Waals surface area (Å²) in [6.07, 6.45) is 1.16. The fourth-order valence-electron chi connectivity index (χ4n) is 1.33. The third-order valence-electron chi connectivity index (χ3n) is 2.12. The number of benzene rings is 1. The van der Waals surface area contributed by atoms with Gasteiger partial charge < -0.3 is 4.74 Å². The number of rotatable bonds is 5. The van der Waals surface area contributed by atoms with E-state index in [0.29, 0.717) is 12.8 Å². The average Bonchev–Trinajstić information content (AvgIpc) is 2.27. The van der Waals surface area contributed by atoms with Crippen molar-refractivity contribution in [3.63, 3.8) is 0 Å². The van der Waals surface area contributed by atoms with E-state index >= 15 is 0 Å². The second kappa shape index (κ2) is 6.50. The van der Waals surface area contributed by atoms with Crippen LogP contribution in [0.5, 0.6) is 5.75 Å². The topological polar surface area (TPSA) is 50.4 Å². The average molecular weight is 287 g/mol. The van der Waals surface area contributed by atoms with Crippen molar-refractivity contribution in [2.24, 2.45) is 0 Å². The van der Waals surface area contributed by atoms with Gasteiger partial charge in [-0.25, -0.2) is 5.43 Å². The van der Waals surface area contributed by atoms with Crippen molar-refractivity contribution in [1.29, 1.82) is 0 Å². The van der Waals surface area contributed by atoms with Gasteiger partial charge in [0.15, 0.2) is 0 Å². The van der Waals surface area contributed by atoms with E-state index in [2.05, 4.69) is 26.8 Å². The first kappa shape index (κ1) is 13.0. The molecule has 5 heteroatoms. The van der Waals surface area contributed by atoms with Gasteiger partial charge in [0.1, 0.15) is 5.75 Å². The maximum Gasteiger partial charge on any atom is 0.234 e. The largest absolute Gasteiger partial charge is 0.496 e. The summed E-state index contributed by atoms with van der Waals surface area (Å²) < 4.78 is 6.03. The minimum Gasteiger partial charge on any atom is -0.496 e. The molecule has 0 aromatic heterocycles. The number of hydrogen-bond donors (Lipinski definition) is 2. The zero-order chi connectivity index (χ0) is 12.0. The molecular weight excluding hydrogens is 272 g/mol. The third-order valence-corrected chi connectivity index (χ3v) is 2.74. The summed E-state index contributed by atoms with van der Waals surface area (Å²) >= 11 is 3.41. The molecule has 0 unspecified atom stereocenters. The number of methoxy groups -OCH3 is 1. The van der Waals surface area contributed by atoms with Gasteiger partial charge >= 0.3 is 0 Å². The van der Waals surface area contributed by atoms with E-state index in [1.807, 2.05) is 18.2 Å². The molecule has 16 heavy (non-hydrogen) atoms. The third kappa shape index (κ3) is 3.83. The van der Waals surface area contributed by atoms with E-state index in [9.17, 15) is 4.79 Å². The first-order valence-corrected chi connectivity index (χ1v) is 5.74. The molecule has 0 saturated carbocycles. The maximum atomic E-state index is 11.2. The predicted molar refractivity (Wildman–Crippen MR) is 66.2 cm³/mol. The number of ether oxygens (including phenoxy) is 1. The molecule has 0 atom stereocenters.